The molecule has 1 heterocycles. The summed E-state index contributed by atoms with van der Waals surface area (Å²) in [5.41, 5.74) is -0.330. The molecular formula is C20H16F3N3O3. The highest BCUT2D eigenvalue weighted by atomic mass is 19.4. The number of carbonyl (C=O) groups excluding carboxylic acids is 2. The second-order valence-corrected chi connectivity index (χ2v) is 6.53. The number of anilines is 1. The van der Waals surface area contributed by atoms with Gasteiger partial charge in [-0.15, -0.1) is 0 Å². The van der Waals surface area contributed by atoms with E-state index in [2.05, 4.69) is 5.32 Å². The topological polar surface area (TPSA) is 82.4 Å². The molecule has 3 rings (SSSR count). The van der Waals surface area contributed by atoms with E-state index in [4.69, 9.17) is 4.74 Å². The van der Waals surface area contributed by atoms with Gasteiger partial charge in [0.1, 0.15) is 17.5 Å². The van der Waals surface area contributed by atoms with Crippen molar-refractivity contribution in [2.45, 2.75) is 25.1 Å². The normalized spacial score (nSPS) is 16.4. The largest absolute Gasteiger partial charge is 0.457 e. The first-order valence-corrected chi connectivity index (χ1v) is 8.64. The van der Waals surface area contributed by atoms with Crippen LogP contribution in [0.2, 0.25) is 0 Å². The Morgan fingerprint density at radius 2 is 1.90 bits per heavy atom. The van der Waals surface area contributed by atoms with Gasteiger partial charge >= 0.3 is 6.18 Å². The fraction of sp³-hybridized carbons (Fsp3) is 0.250. The minimum atomic E-state index is -4.45. The lowest BCUT2D eigenvalue weighted by Crippen LogP contribution is -2.38. The van der Waals surface area contributed by atoms with Crippen LogP contribution in [0.1, 0.15) is 24.0 Å². The first-order chi connectivity index (χ1) is 13.7. The van der Waals surface area contributed by atoms with E-state index >= 15 is 0 Å². The molecule has 29 heavy (non-hydrogen) atoms. The Morgan fingerprint density at radius 3 is 2.45 bits per heavy atom. The van der Waals surface area contributed by atoms with E-state index in [0.29, 0.717) is 6.42 Å². The van der Waals surface area contributed by atoms with E-state index in [-0.39, 0.29) is 35.1 Å². The summed E-state index contributed by atoms with van der Waals surface area (Å²) in [5, 5.41) is 11.9. The van der Waals surface area contributed by atoms with E-state index in [0.717, 1.165) is 12.1 Å². The van der Waals surface area contributed by atoms with Crippen molar-refractivity contribution in [3.63, 3.8) is 0 Å². The van der Waals surface area contributed by atoms with Crippen LogP contribution in [-0.2, 0) is 15.8 Å². The zero-order valence-corrected chi connectivity index (χ0v) is 15.3. The molecule has 9 heteroatoms. The molecule has 2 aromatic rings. The lowest BCUT2D eigenvalue weighted by Gasteiger charge is -2.19. The van der Waals surface area contributed by atoms with Crippen LogP contribution < -0.4 is 10.1 Å². The van der Waals surface area contributed by atoms with Crippen molar-refractivity contribution < 1.29 is 27.5 Å². The van der Waals surface area contributed by atoms with Crippen LogP contribution in [0.25, 0.3) is 0 Å². The van der Waals surface area contributed by atoms with Crippen molar-refractivity contribution >= 4 is 17.5 Å². The predicted octanol–water partition coefficient (Wildman–Crippen LogP) is 3.93. The van der Waals surface area contributed by atoms with Gasteiger partial charge < -0.3 is 15.0 Å². The number of ether oxygens (including phenoxy) is 1. The van der Waals surface area contributed by atoms with Crippen LogP contribution in [0, 0.1) is 11.3 Å². The number of nitrogens with one attached hydrogen (secondary N) is 1. The third-order valence-corrected chi connectivity index (χ3v) is 4.52. The molecule has 1 N–H and O–H groups in total. The van der Waals surface area contributed by atoms with E-state index in [1.807, 2.05) is 6.07 Å². The number of halogens is 3. The highest BCUT2D eigenvalue weighted by molar-refractivity contribution is 5.99. The number of likely N-dealkylation sites (N-methyl/N-ethyl adjacent to an activating group) is 1. The fourth-order valence-electron chi connectivity index (χ4n) is 2.98. The van der Waals surface area contributed by atoms with Gasteiger partial charge in [-0.05, 0) is 42.8 Å². The summed E-state index contributed by atoms with van der Waals surface area (Å²) in [4.78, 5) is 25.4. The molecule has 1 saturated heterocycles. The molecule has 0 aliphatic carbocycles. The van der Waals surface area contributed by atoms with E-state index in [1.54, 1.807) is 7.05 Å². The summed E-state index contributed by atoms with van der Waals surface area (Å²) in [6.45, 7) is 0. The van der Waals surface area contributed by atoms with Crippen molar-refractivity contribution in [2.24, 2.45) is 0 Å². The molecular weight excluding hydrogens is 387 g/mol. The van der Waals surface area contributed by atoms with E-state index in [1.165, 1.54) is 35.2 Å². The number of hydrogen-bond donors (Lipinski definition) is 1. The number of nitriles is 1. The average molecular weight is 403 g/mol. The van der Waals surface area contributed by atoms with Crippen molar-refractivity contribution in [3.05, 3.63) is 53.6 Å². The quantitative estimate of drug-likeness (QED) is 0.839. The second-order valence-electron chi connectivity index (χ2n) is 6.53. The Labute approximate surface area is 164 Å². The van der Waals surface area contributed by atoms with E-state index in [9.17, 15) is 28.0 Å². The molecule has 0 saturated carbocycles. The Bertz CT molecular complexity index is 981. The van der Waals surface area contributed by atoms with Gasteiger partial charge in [-0.2, -0.15) is 18.4 Å². The Balaban J connectivity index is 1.78. The molecule has 1 aliphatic rings. The minimum Gasteiger partial charge on any atom is -0.457 e. The number of benzene rings is 2. The van der Waals surface area contributed by atoms with Crippen LogP contribution in [0.3, 0.4) is 0 Å². The lowest BCUT2D eigenvalue weighted by atomic mass is 10.1. The molecule has 1 aliphatic heterocycles. The van der Waals surface area contributed by atoms with E-state index < -0.39 is 23.7 Å². The number of carbonyl (C=O) groups is 2. The maximum atomic E-state index is 12.7. The molecule has 2 aromatic carbocycles. The zero-order chi connectivity index (χ0) is 21.2. The number of nitrogens with zero attached hydrogens (tertiary/aromatic N) is 2. The predicted molar refractivity (Wildman–Crippen MR) is 97.1 cm³/mol. The van der Waals surface area contributed by atoms with Crippen molar-refractivity contribution in [1.82, 2.24) is 4.90 Å². The minimum absolute atomic E-state index is 0.123. The van der Waals surface area contributed by atoms with Crippen LogP contribution in [-0.4, -0.2) is 29.8 Å². The molecule has 0 spiro atoms. The molecule has 6 nitrogen and oxygen atoms in total. The fourth-order valence-corrected chi connectivity index (χ4v) is 2.98. The zero-order valence-electron chi connectivity index (χ0n) is 15.3. The summed E-state index contributed by atoms with van der Waals surface area (Å²) >= 11 is 0. The maximum Gasteiger partial charge on any atom is 0.416 e. The highest BCUT2D eigenvalue weighted by Crippen LogP contribution is 2.32. The number of likely N-dealkylation sites (tertiary alicyclic amines) is 1. The van der Waals surface area contributed by atoms with Gasteiger partial charge in [-0.1, -0.05) is 0 Å². The molecule has 150 valence electrons. The smallest absolute Gasteiger partial charge is 0.416 e. The second kappa shape index (κ2) is 7.83. The maximum absolute atomic E-state index is 12.7. The Kier molecular flexibility index (Phi) is 5.46. The molecule has 1 fully saturated rings. The molecule has 0 aromatic heterocycles. The van der Waals surface area contributed by atoms with Gasteiger partial charge in [0.05, 0.1) is 17.2 Å². The average Bonchev–Trinajstić information content (AvgIpc) is 3.00. The highest BCUT2D eigenvalue weighted by Gasteiger charge is 2.33. The Hall–Kier alpha value is -3.54. The molecule has 1 atom stereocenters. The molecule has 2 amide bonds. The molecule has 0 radical (unpaired) electrons. The Morgan fingerprint density at radius 1 is 1.21 bits per heavy atom. The first-order valence-electron chi connectivity index (χ1n) is 8.64. The molecule has 1 unspecified atom stereocenters. The summed E-state index contributed by atoms with van der Waals surface area (Å²) in [6, 6.07) is 9.73. The van der Waals surface area contributed by atoms with Gasteiger partial charge in [0.2, 0.25) is 11.8 Å². The number of amides is 2. The van der Waals surface area contributed by atoms with Gasteiger partial charge in [0.15, 0.2) is 0 Å². The van der Waals surface area contributed by atoms with Crippen molar-refractivity contribution in [2.75, 3.05) is 12.4 Å². The summed E-state index contributed by atoms with van der Waals surface area (Å²) in [6.07, 6.45) is -3.77. The van der Waals surface area contributed by atoms with Gasteiger partial charge in [0, 0.05) is 25.2 Å². The number of rotatable bonds is 4. The summed E-state index contributed by atoms with van der Waals surface area (Å²) < 4.78 is 43.5. The lowest BCUT2D eigenvalue weighted by molar-refractivity contribution is -0.137. The monoisotopic (exact) mass is 403 g/mol. The van der Waals surface area contributed by atoms with Crippen LogP contribution in [0.4, 0.5) is 18.9 Å². The third kappa shape index (κ3) is 4.66. The first kappa shape index (κ1) is 20.2. The standard InChI is InChI=1S/C20H16F3N3O3/c1-26-17(6-7-18(26)27)19(28)25-14-8-12(11-24)9-16(10-14)29-15-4-2-13(3-5-15)20(21,22)23/h2-5,8-10,17H,6-7H2,1H3,(H,25,28). The van der Waals surface area contributed by atoms with Gasteiger partial charge in [-0.3, -0.25) is 9.59 Å². The van der Waals surface area contributed by atoms with Crippen molar-refractivity contribution in [1.29, 1.82) is 5.26 Å². The van der Waals surface area contributed by atoms with Crippen LogP contribution in [0.15, 0.2) is 42.5 Å². The van der Waals surface area contributed by atoms with Gasteiger partial charge in [0.25, 0.3) is 0 Å². The van der Waals surface area contributed by atoms with Crippen LogP contribution in [0.5, 0.6) is 11.5 Å². The van der Waals surface area contributed by atoms with Gasteiger partial charge in [-0.25, -0.2) is 0 Å². The van der Waals surface area contributed by atoms with Crippen molar-refractivity contribution in [3.8, 4) is 17.6 Å². The third-order valence-electron chi connectivity index (χ3n) is 4.52. The molecule has 0 bridgehead atoms. The SMILES string of the molecule is CN1C(=O)CCC1C(=O)Nc1cc(C#N)cc(Oc2ccc(C(F)(F)F)cc2)c1. The number of hydrogen-bond acceptors (Lipinski definition) is 4. The van der Waals surface area contributed by atoms with Crippen LogP contribution >= 0.6 is 0 Å². The summed E-state index contributed by atoms with van der Waals surface area (Å²) in [5.74, 6) is -0.197. The summed E-state index contributed by atoms with van der Waals surface area (Å²) in [7, 11) is 1.55. The number of alkyl halides is 3.